The van der Waals surface area contributed by atoms with Gasteiger partial charge in [-0.05, 0) is 75.6 Å². The number of benzene rings is 1. The number of hydrogen-bond acceptors (Lipinski definition) is 4. The van der Waals surface area contributed by atoms with E-state index in [2.05, 4.69) is 22.2 Å². The maximum atomic E-state index is 12.9. The van der Waals surface area contributed by atoms with Crippen LogP contribution in [0.4, 0.5) is 18.9 Å². The van der Waals surface area contributed by atoms with Crippen molar-refractivity contribution in [1.82, 2.24) is 14.4 Å². The van der Waals surface area contributed by atoms with Crippen LogP contribution in [-0.4, -0.2) is 59.5 Å². The van der Waals surface area contributed by atoms with Gasteiger partial charge in [0.05, 0.1) is 11.3 Å². The highest BCUT2D eigenvalue weighted by Crippen LogP contribution is 2.40. The van der Waals surface area contributed by atoms with Crippen LogP contribution in [0.5, 0.6) is 0 Å². The van der Waals surface area contributed by atoms with E-state index in [0.29, 0.717) is 24.2 Å². The number of piperidine rings is 2. The van der Waals surface area contributed by atoms with Crippen LogP contribution in [0.2, 0.25) is 0 Å². The number of halogens is 3. The van der Waals surface area contributed by atoms with Gasteiger partial charge in [0.1, 0.15) is 0 Å². The first-order valence-corrected chi connectivity index (χ1v) is 11.8. The van der Waals surface area contributed by atoms with Crippen LogP contribution in [0, 0.1) is 5.92 Å². The molecule has 2 fully saturated rings. The van der Waals surface area contributed by atoms with E-state index in [4.69, 9.17) is 0 Å². The Bertz CT molecular complexity index is 1120. The van der Waals surface area contributed by atoms with Gasteiger partial charge in [0.15, 0.2) is 0 Å². The zero-order valence-electron chi connectivity index (χ0n) is 19.1. The fourth-order valence-electron chi connectivity index (χ4n) is 5.82. The van der Waals surface area contributed by atoms with Crippen LogP contribution in [0.15, 0.2) is 41.2 Å². The molecule has 3 aliphatic heterocycles. The molecule has 1 aromatic carbocycles. The number of amides is 1. The highest BCUT2D eigenvalue weighted by Gasteiger charge is 2.39. The van der Waals surface area contributed by atoms with Gasteiger partial charge < -0.3 is 14.8 Å². The van der Waals surface area contributed by atoms with Crippen LogP contribution < -0.4 is 10.9 Å². The smallest absolute Gasteiger partial charge is 0.320 e. The van der Waals surface area contributed by atoms with E-state index in [0.717, 1.165) is 63.3 Å². The molecule has 34 heavy (non-hydrogen) atoms. The van der Waals surface area contributed by atoms with Crippen molar-refractivity contribution in [3.63, 3.8) is 0 Å². The minimum Gasteiger partial charge on any atom is -0.320 e. The standard InChI is InChI=1S/C25H29F3N4O2/c1-30-10-8-20(9-11-30)31-13-16-12-18(15-31)23-21(6-7-22(33)32(23)14-16)29-24(34)17-2-4-19(5-3-17)25(26,27)28/h2-7,16,18,20H,8-15H2,1H3,(H,29,34). The summed E-state index contributed by atoms with van der Waals surface area (Å²) in [6.45, 7) is 4.62. The number of fused-ring (bicyclic) bond motifs is 4. The third-order valence-electron chi connectivity index (χ3n) is 7.55. The molecule has 0 spiro atoms. The number of likely N-dealkylation sites (tertiary alicyclic amines) is 2. The van der Waals surface area contributed by atoms with Gasteiger partial charge in [0.25, 0.3) is 11.5 Å². The van der Waals surface area contributed by atoms with Crippen LogP contribution >= 0.6 is 0 Å². The number of carbonyl (C=O) groups is 1. The molecule has 9 heteroatoms. The summed E-state index contributed by atoms with van der Waals surface area (Å²) in [6.07, 6.45) is -1.22. The molecule has 0 aliphatic carbocycles. The maximum Gasteiger partial charge on any atom is 0.416 e. The Labute approximate surface area is 196 Å². The first-order valence-electron chi connectivity index (χ1n) is 11.8. The number of carbonyl (C=O) groups excluding carboxylic acids is 1. The molecule has 2 aromatic rings. The first kappa shape index (κ1) is 23.1. The molecule has 3 aliphatic rings. The average Bonchev–Trinajstić information content (AvgIpc) is 2.80. The lowest BCUT2D eigenvalue weighted by Crippen LogP contribution is -2.53. The topological polar surface area (TPSA) is 57.6 Å². The molecule has 2 saturated heterocycles. The molecular formula is C25H29F3N4O2. The van der Waals surface area contributed by atoms with Crippen molar-refractivity contribution in [2.45, 2.75) is 43.9 Å². The van der Waals surface area contributed by atoms with Crippen molar-refractivity contribution in [2.75, 3.05) is 38.5 Å². The number of nitrogens with zero attached hydrogens (tertiary/aromatic N) is 3. The SMILES string of the molecule is CN1CCC(N2CC3CC(C2)c2c(NC(=O)c4ccc(C(F)(F)F)cc4)ccc(=O)n2C3)CC1. The Hall–Kier alpha value is -2.65. The summed E-state index contributed by atoms with van der Waals surface area (Å²) in [5.74, 6) is 0.0358. The minimum atomic E-state index is -4.45. The average molecular weight is 475 g/mol. The third-order valence-corrected chi connectivity index (χ3v) is 7.55. The molecule has 4 heterocycles. The lowest BCUT2D eigenvalue weighted by molar-refractivity contribution is -0.137. The molecular weight excluding hydrogens is 445 g/mol. The predicted octanol–water partition coefficient (Wildman–Crippen LogP) is 3.63. The Morgan fingerprint density at radius 3 is 2.38 bits per heavy atom. The van der Waals surface area contributed by atoms with Gasteiger partial charge >= 0.3 is 6.18 Å². The number of rotatable bonds is 3. The van der Waals surface area contributed by atoms with Crippen molar-refractivity contribution in [1.29, 1.82) is 0 Å². The lowest BCUT2D eigenvalue weighted by atomic mass is 9.81. The summed E-state index contributed by atoms with van der Waals surface area (Å²) in [6, 6.07) is 7.80. The number of hydrogen-bond donors (Lipinski definition) is 1. The van der Waals surface area contributed by atoms with Gasteiger partial charge in [-0.1, -0.05) is 0 Å². The van der Waals surface area contributed by atoms with Crippen molar-refractivity contribution in [2.24, 2.45) is 5.92 Å². The van der Waals surface area contributed by atoms with E-state index in [1.807, 2.05) is 0 Å². The molecule has 1 amide bonds. The number of pyridine rings is 1. The molecule has 0 radical (unpaired) electrons. The molecule has 5 rings (SSSR count). The minimum absolute atomic E-state index is 0.0787. The zero-order valence-corrected chi connectivity index (χ0v) is 19.1. The second-order valence-electron chi connectivity index (χ2n) is 9.90. The van der Waals surface area contributed by atoms with Gasteiger partial charge in [0.2, 0.25) is 0 Å². The molecule has 6 nitrogen and oxygen atoms in total. The second kappa shape index (κ2) is 8.85. The number of aromatic nitrogens is 1. The molecule has 2 unspecified atom stereocenters. The van der Waals surface area contributed by atoms with E-state index in [-0.39, 0.29) is 17.0 Å². The van der Waals surface area contributed by atoms with Crippen LogP contribution in [0.1, 0.15) is 46.8 Å². The summed E-state index contributed by atoms with van der Waals surface area (Å²) in [4.78, 5) is 30.5. The molecule has 2 bridgehead atoms. The fourth-order valence-corrected chi connectivity index (χ4v) is 5.82. The van der Waals surface area contributed by atoms with E-state index >= 15 is 0 Å². The Balaban J connectivity index is 1.38. The first-order chi connectivity index (χ1) is 16.2. The quantitative estimate of drug-likeness (QED) is 0.738. The van der Waals surface area contributed by atoms with E-state index < -0.39 is 17.6 Å². The van der Waals surface area contributed by atoms with Crippen molar-refractivity contribution < 1.29 is 18.0 Å². The zero-order chi connectivity index (χ0) is 24.0. The highest BCUT2D eigenvalue weighted by molar-refractivity contribution is 6.04. The third kappa shape index (κ3) is 4.51. The Kier molecular flexibility index (Phi) is 6.02. The predicted molar refractivity (Wildman–Crippen MR) is 123 cm³/mol. The highest BCUT2D eigenvalue weighted by atomic mass is 19.4. The summed E-state index contributed by atoms with van der Waals surface area (Å²) >= 11 is 0. The largest absolute Gasteiger partial charge is 0.416 e. The van der Waals surface area contributed by atoms with Crippen molar-refractivity contribution >= 4 is 11.6 Å². The van der Waals surface area contributed by atoms with Crippen LogP contribution in [0.25, 0.3) is 0 Å². The van der Waals surface area contributed by atoms with Gasteiger partial charge in [0, 0.05) is 48.9 Å². The van der Waals surface area contributed by atoms with Gasteiger partial charge in [-0.2, -0.15) is 13.2 Å². The number of anilines is 1. The maximum absolute atomic E-state index is 12.9. The lowest BCUT2D eigenvalue weighted by Gasteiger charge is -2.47. The Morgan fingerprint density at radius 2 is 1.71 bits per heavy atom. The summed E-state index contributed by atoms with van der Waals surface area (Å²) in [7, 11) is 2.15. The molecule has 1 N–H and O–H groups in total. The van der Waals surface area contributed by atoms with E-state index in [1.165, 1.54) is 18.2 Å². The molecule has 2 atom stereocenters. The van der Waals surface area contributed by atoms with E-state index in [1.54, 1.807) is 10.6 Å². The van der Waals surface area contributed by atoms with Crippen LogP contribution in [0.3, 0.4) is 0 Å². The molecule has 182 valence electrons. The molecule has 0 saturated carbocycles. The normalized spacial score (nSPS) is 24.0. The summed E-state index contributed by atoms with van der Waals surface area (Å²) in [5, 5.41) is 2.87. The van der Waals surface area contributed by atoms with Crippen molar-refractivity contribution in [3.8, 4) is 0 Å². The van der Waals surface area contributed by atoms with Crippen molar-refractivity contribution in [3.05, 3.63) is 63.6 Å². The second-order valence-corrected chi connectivity index (χ2v) is 9.90. The number of alkyl halides is 3. The van der Waals surface area contributed by atoms with Crippen LogP contribution in [-0.2, 0) is 12.7 Å². The number of nitrogens with one attached hydrogen (secondary N) is 1. The summed E-state index contributed by atoms with van der Waals surface area (Å²) in [5.41, 5.74) is 0.669. The van der Waals surface area contributed by atoms with Gasteiger partial charge in [-0.25, -0.2) is 0 Å². The van der Waals surface area contributed by atoms with E-state index in [9.17, 15) is 22.8 Å². The van der Waals surface area contributed by atoms with Gasteiger partial charge in [-0.3, -0.25) is 14.5 Å². The monoisotopic (exact) mass is 474 g/mol. The Morgan fingerprint density at radius 1 is 1.00 bits per heavy atom. The molecule has 1 aromatic heterocycles. The summed E-state index contributed by atoms with van der Waals surface area (Å²) < 4.78 is 40.4. The van der Waals surface area contributed by atoms with Gasteiger partial charge in [-0.15, -0.1) is 0 Å². The fraction of sp³-hybridized carbons (Fsp3) is 0.520.